The molecule has 12 heavy (non-hydrogen) atoms. The van der Waals surface area contributed by atoms with Crippen molar-refractivity contribution in [3.63, 3.8) is 0 Å². The van der Waals surface area contributed by atoms with Crippen LogP contribution in [-0.4, -0.2) is 16.5 Å². The zero-order chi connectivity index (χ0) is 9.40. The molecule has 0 heterocycles. The quantitative estimate of drug-likeness (QED) is 0.579. The van der Waals surface area contributed by atoms with Gasteiger partial charge in [0.2, 0.25) is 0 Å². The summed E-state index contributed by atoms with van der Waals surface area (Å²) in [6.07, 6.45) is 4.75. The average molecular weight is 173 g/mol. The summed E-state index contributed by atoms with van der Waals surface area (Å²) in [4.78, 5) is 0. The summed E-state index contributed by atoms with van der Waals surface area (Å²) in [6, 6.07) is 0. The molecule has 0 aromatic carbocycles. The van der Waals surface area contributed by atoms with Gasteiger partial charge in [-0.1, -0.05) is 39.5 Å². The molecule has 0 saturated heterocycles. The average Bonchev–Trinajstić information content (AvgIpc) is 2.05. The van der Waals surface area contributed by atoms with Crippen LogP contribution in [0.25, 0.3) is 0 Å². The van der Waals surface area contributed by atoms with Gasteiger partial charge in [-0.05, 0) is 18.8 Å². The zero-order valence-electron chi connectivity index (χ0n) is 8.00. The van der Waals surface area contributed by atoms with Crippen LogP contribution in [0.15, 0.2) is 0 Å². The number of rotatable bonds is 7. The van der Waals surface area contributed by atoms with Crippen molar-refractivity contribution in [3.8, 4) is 0 Å². The lowest BCUT2D eigenvalue weighted by Crippen LogP contribution is -2.08. The van der Waals surface area contributed by atoms with Gasteiger partial charge < -0.3 is 10.2 Å². The van der Waals surface area contributed by atoms with Gasteiger partial charge in [0, 0.05) is 0 Å². The van der Waals surface area contributed by atoms with Crippen molar-refractivity contribution < 1.29 is 10.2 Å². The summed E-state index contributed by atoms with van der Waals surface area (Å²) in [5, 5.41) is 17.3. The van der Waals surface area contributed by atoms with Gasteiger partial charge in [-0.25, -0.2) is 0 Å². The molecule has 0 amide bonds. The summed E-state index contributed by atoms with van der Waals surface area (Å²) in [5.41, 5.74) is 0. The Bertz CT molecular complexity index is 91.8. The molecule has 2 N–H and O–H groups in total. The van der Waals surface area contributed by atoms with Gasteiger partial charge in [-0.15, -0.1) is 0 Å². The fourth-order valence-electron chi connectivity index (χ4n) is 1.37. The highest BCUT2D eigenvalue weighted by Gasteiger charge is 2.07. The van der Waals surface area contributed by atoms with Crippen LogP contribution in [-0.2, 0) is 0 Å². The third-order valence-electron chi connectivity index (χ3n) is 2.27. The third kappa shape index (κ3) is 6.62. The van der Waals surface area contributed by atoms with Crippen molar-refractivity contribution in [1.82, 2.24) is 0 Å². The highest BCUT2D eigenvalue weighted by atomic mass is 16.5. The van der Waals surface area contributed by atoms with E-state index in [1.807, 2.05) is 0 Å². The Balaban J connectivity index is 3.39. The highest BCUT2D eigenvalue weighted by molar-refractivity contribution is 4.59. The van der Waals surface area contributed by atoms with Crippen LogP contribution in [0.4, 0.5) is 0 Å². The molecule has 0 spiro atoms. The van der Waals surface area contributed by atoms with E-state index in [0.29, 0.717) is 12.3 Å². The highest BCUT2D eigenvalue weighted by Crippen LogP contribution is 2.18. The van der Waals surface area contributed by atoms with E-state index in [2.05, 4.69) is 13.8 Å². The molecule has 1 radical (unpaired) electrons. The fraction of sp³-hybridized carbons (Fsp3) is 0.900. The van der Waals surface area contributed by atoms with Crippen molar-refractivity contribution in [3.05, 3.63) is 6.92 Å². The number of aliphatic hydroxyl groups excluding tert-OH is 1. The Morgan fingerprint density at radius 3 is 2.25 bits per heavy atom. The first-order valence-corrected chi connectivity index (χ1v) is 4.86. The maximum Gasteiger partial charge on any atom is 0.151 e. The van der Waals surface area contributed by atoms with E-state index >= 15 is 0 Å². The number of unbranched alkanes of at least 4 members (excludes halogenated alkanes) is 1. The molecule has 0 saturated carbocycles. The third-order valence-corrected chi connectivity index (χ3v) is 2.27. The zero-order valence-corrected chi connectivity index (χ0v) is 8.00. The predicted molar refractivity (Wildman–Crippen MR) is 50.4 cm³/mol. The normalized spacial score (nSPS) is 13.8. The SMILES string of the molecule is [CH2]CCCC(CC)CCC(O)O. The summed E-state index contributed by atoms with van der Waals surface area (Å²) in [5.74, 6) is 0.647. The smallest absolute Gasteiger partial charge is 0.151 e. The number of hydrogen-bond acceptors (Lipinski definition) is 2. The molecule has 73 valence electrons. The maximum atomic E-state index is 8.67. The van der Waals surface area contributed by atoms with Crippen molar-refractivity contribution in [2.75, 3.05) is 0 Å². The molecule has 1 unspecified atom stereocenters. The lowest BCUT2D eigenvalue weighted by molar-refractivity contribution is -0.0491. The van der Waals surface area contributed by atoms with Crippen molar-refractivity contribution in [2.24, 2.45) is 5.92 Å². The molecular weight excluding hydrogens is 152 g/mol. The van der Waals surface area contributed by atoms with Gasteiger partial charge in [0.1, 0.15) is 0 Å². The first-order chi connectivity index (χ1) is 5.70. The standard InChI is InChI=1S/C10H21O2/c1-3-5-6-9(4-2)7-8-10(11)12/h9-12H,1,3-8H2,2H3. The summed E-state index contributed by atoms with van der Waals surface area (Å²) >= 11 is 0. The molecule has 0 aromatic rings. The topological polar surface area (TPSA) is 40.5 Å². The molecule has 0 fully saturated rings. The van der Waals surface area contributed by atoms with E-state index in [1.54, 1.807) is 0 Å². The van der Waals surface area contributed by atoms with E-state index in [0.717, 1.165) is 25.7 Å². The molecule has 0 rings (SSSR count). The molecule has 1 atom stereocenters. The van der Waals surface area contributed by atoms with Crippen molar-refractivity contribution >= 4 is 0 Å². The van der Waals surface area contributed by atoms with Gasteiger partial charge in [-0.3, -0.25) is 0 Å². The first kappa shape index (κ1) is 11.9. The monoisotopic (exact) mass is 173 g/mol. The molecule has 0 aliphatic rings. The Hall–Kier alpha value is -0.0800. The van der Waals surface area contributed by atoms with E-state index < -0.39 is 6.29 Å². The molecule has 0 bridgehead atoms. The van der Waals surface area contributed by atoms with E-state index in [-0.39, 0.29) is 0 Å². The van der Waals surface area contributed by atoms with Crippen LogP contribution in [0.1, 0.15) is 45.4 Å². The Morgan fingerprint density at radius 1 is 1.17 bits per heavy atom. The van der Waals surface area contributed by atoms with Crippen LogP contribution < -0.4 is 0 Å². The Labute approximate surface area is 75.6 Å². The first-order valence-electron chi connectivity index (χ1n) is 4.86. The van der Waals surface area contributed by atoms with Crippen LogP contribution >= 0.6 is 0 Å². The van der Waals surface area contributed by atoms with Gasteiger partial charge in [0.15, 0.2) is 6.29 Å². The van der Waals surface area contributed by atoms with Gasteiger partial charge in [0.05, 0.1) is 0 Å². The minimum Gasteiger partial charge on any atom is -0.368 e. The van der Waals surface area contributed by atoms with E-state index in [9.17, 15) is 0 Å². The van der Waals surface area contributed by atoms with E-state index in [1.165, 1.54) is 6.42 Å². The minimum absolute atomic E-state index is 0.510. The second kappa shape index (κ2) is 7.56. The lowest BCUT2D eigenvalue weighted by atomic mass is 9.94. The number of aliphatic hydroxyl groups is 2. The molecule has 2 nitrogen and oxygen atoms in total. The summed E-state index contributed by atoms with van der Waals surface area (Å²) in [6.45, 7) is 5.94. The molecule has 2 heteroatoms. The largest absolute Gasteiger partial charge is 0.368 e. The van der Waals surface area contributed by atoms with Crippen LogP contribution in [0.3, 0.4) is 0 Å². The minimum atomic E-state index is -1.13. The van der Waals surface area contributed by atoms with Crippen molar-refractivity contribution in [2.45, 2.75) is 51.7 Å². The van der Waals surface area contributed by atoms with Crippen LogP contribution in [0.2, 0.25) is 0 Å². The number of hydrogen-bond donors (Lipinski definition) is 2. The van der Waals surface area contributed by atoms with Gasteiger partial charge in [0.25, 0.3) is 0 Å². The molecule has 0 aliphatic heterocycles. The Morgan fingerprint density at radius 2 is 1.83 bits per heavy atom. The summed E-state index contributed by atoms with van der Waals surface area (Å²) < 4.78 is 0. The van der Waals surface area contributed by atoms with Crippen LogP contribution in [0.5, 0.6) is 0 Å². The lowest BCUT2D eigenvalue weighted by Gasteiger charge is -2.14. The maximum absolute atomic E-state index is 8.67. The summed E-state index contributed by atoms with van der Waals surface area (Å²) in [7, 11) is 0. The second-order valence-corrected chi connectivity index (χ2v) is 3.33. The molecular formula is C10H21O2. The van der Waals surface area contributed by atoms with Crippen molar-refractivity contribution in [1.29, 1.82) is 0 Å². The molecule has 0 aromatic heterocycles. The van der Waals surface area contributed by atoms with Gasteiger partial charge >= 0.3 is 0 Å². The fourth-order valence-corrected chi connectivity index (χ4v) is 1.37. The Kier molecular flexibility index (Phi) is 7.51. The second-order valence-electron chi connectivity index (χ2n) is 3.33. The predicted octanol–water partition coefficient (Wildman–Crippen LogP) is 2.11. The van der Waals surface area contributed by atoms with Crippen LogP contribution in [0, 0.1) is 12.8 Å². The molecule has 0 aliphatic carbocycles. The van der Waals surface area contributed by atoms with E-state index in [4.69, 9.17) is 10.2 Å². The van der Waals surface area contributed by atoms with Gasteiger partial charge in [-0.2, -0.15) is 0 Å².